The molecule has 1 rings (SSSR count). The van der Waals surface area contributed by atoms with Crippen LogP contribution < -0.4 is 4.90 Å². The van der Waals surface area contributed by atoms with Crippen LogP contribution in [0, 0.1) is 5.41 Å². The summed E-state index contributed by atoms with van der Waals surface area (Å²) >= 11 is 0. The van der Waals surface area contributed by atoms with Crippen molar-refractivity contribution in [3.05, 3.63) is 29.8 Å². The molecule has 172 valence electrons. The Kier molecular flexibility index (Phi) is 8.93. The van der Waals surface area contributed by atoms with E-state index in [0.717, 1.165) is 18.2 Å². The number of aryl methyl sites for hydroxylation is 1. The summed E-state index contributed by atoms with van der Waals surface area (Å²) in [4.78, 5) is 14.8. The van der Waals surface area contributed by atoms with Crippen LogP contribution in [0.1, 0.15) is 40.2 Å². The number of nitrogens with zero attached hydrogens (tertiary/aromatic N) is 1. The van der Waals surface area contributed by atoms with Gasteiger partial charge in [-0.2, -0.15) is 0 Å². The van der Waals surface area contributed by atoms with Gasteiger partial charge < -0.3 is 13.1 Å². The first kappa shape index (κ1) is 27.3. The molecule has 0 heterocycles. The van der Waals surface area contributed by atoms with Crippen LogP contribution >= 0.6 is 0 Å². The number of amides is 1. The molecule has 0 saturated carbocycles. The summed E-state index contributed by atoms with van der Waals surface area (Å²) in [6, 6.07) is 9.54. The number of anilines is 1. The van der Waals surface area contributed by atoms with Crippen LogP contribution in [0.3, 0.4) is 0 Å². The summed E-state index contributed by atoms with van der Waals surface area (Å²) in [6.45, 7) is 25.7. The van der Waals surface area contributed by atoms with E-state index in [-0.39, 0.29) is 11.9 Å². The molecule has 0 radical (unpaired) electrons. The molecule has 0 saturated heterocycles. The van der Waals surface area contributed by atoms with E-state index >= 15 is 0 Å². The second-order valence-corrected chi connectivity index (χ2v) is 24.6. The third-order valence-corrected chi connectivity index (χ3v) is 14.0. The summed E-state index contributed by atoms with van der Waals surface area (Å²) in [6.07, 6.45) is 0.937. The quantitative estimate of drug-likeness (QED) is 0.375. The molecule has 0 aliphatic rings. The van der Waals surface area contributed by atoms with E-state index in [4.69, 9.17) is 8.23 Å². The smallest absolute Gasteiger partial charge is 0.314 e. The van der Waals surface area contributed by atoms with Gasteiger partial charge in [0, 0.05) is 17.1 Å². The molecule has 0 spiro atoms. The molecule has 30 heavy (non-hydrogen) atoms. The van der Waals surface area contributed by atoms with Gasteiger partial charge in [-0.25, -0.2) is 0 Å². The van der Waals surface area contributed by atoms with Gasteiger partial charge in [0.1, 0.15) is 0 Å². The summed E-state index contributed by atoms with van der Waals surface area (Å²) in [5.41, 5.74) is 1.83. The zero-order valence-electron chi connectivity index (χ0n) is 21.5. The highest BCUT2D eigenvalue weighted by Crippen LogP contribution is 2.28. The van der Waals surface area contributed by atoms with Crippen molar-refractivity contribution in [1.82, 2.24) is 0 Å². The topological polar surface area (TPSA) is 38.8 Å². The molecule has 1 aromatic rings. The lowest BCUT2D eigenvalue weighted by atomic mass is 9.93. The van der Waals surface area contributed by atoms with Gasteiger partial charge in [0.2, 0.25) is 5.91 Å². The van der Waals surface area contributed by atoms with Crippen molar-refractivity contribution in [3.8, 4) is 0 Å². The van der Waals surface area contributed by atoms with Crippen LogP contribution in [0.4, 0.5) is 5.69 Å². The highest BCUT2D eigenvalue weighted by atomic mass is 28.5. The third-order valence-electron chi connectivity index (χ3n) is 4.50. The first-order valence-electron chi connectivity index (χ1n) is 11.2. The van der Waals surface area contributed by atoms with E-state index in [1.165, 1.54) is 5.56 Å². The van der Waals surface area contributed by atoms with Gasteiger partial charge in [0.15, 0.2) is 16.6 Å². The molecule has 4 nitrogen and oxygen atoms in total. The van der Waals surface area contributed by atoms with E-state index in [2.05, 4.69) is 83.9 Å². The van der Waals surface area contributed by atoms with Crippen LogP contribution in [0.5, 0.6) is 0 Å². The van der Waals surface area contributed by atoms with Crippen LogP contribution in [-0.4, -0.2) is 37.1 Å². The fraction of sp³-hybridized carbons (Fsp3) is 0.696. The minimum Gasteiger partial charge on any atom is -0.437 e. The standard InChI is InChI=1S/C23H45NO3Si3/c1-19(2)24(22(25)23(3,4)5)21-15-13-20(14-16-21)17-18-30(12,26-28(6,7)8)27-29(9,10)11/h13-16,19H,17-18H2,1-12H3. The van der Waals surface area contributed by atoms with Crippen LogP contribution in [-0.2, 0) is 19.4 Å². The fourth-order valence-electron chi connectivity index (χ4n) is 3.62. The number of carbonyl (C=O) groups is 1. The van der Waals surface area contributed by atoms with Gasteiger partial charge >= 0.3 is 8.56 Å². The lowest BCUT2D eigenvalue weighted by molar-refractivity contribution is -0.126. The average Bonchev–Trinajstić information content (AvgIpc) is 2.49. The molecular weight excluding hydrogens is 423 g/mol. The maximum atomic E-state index is 12.9. The number of rotatable bonds is 9. The molecule has 1 amide bonds. The van der Waals surface area contributed by atoms with Crippen LogP contribution in [0.15, 0.2) is 24.3 Å². The Labute approximate surface area is 188 Å². The largest absolute Gasteiger partial charge is 0.437 e. The van der Waals surface area contributed by atoms with Crippen molar-refractivity contribution in [1.29, 1.82) is 0 Å². The van der Waals surface area contributed by atoms with E-state index in [1.54, 1.807) is 0 Å². The first-order chi connectivity index (χ1) is 13.3. The fourth-order valence-corrected chi connectivity index (χ4v) is 16.1. The van der Waals surface area contributed by atoms with Gasteiger partial charge in [0.05, 0.1) is 0 Å². The summed E-state index contributed by atoms with van der Waals surface area (Å²) < 4.78 is 13.2. The van der Waals surface area contributed by atoms with Crippen LogP contribution in [0.25, 0.3) is 0 Å². The minimum atomic E-state index is -2.24. The van der Waals surface area contributed by atoms with Gasteiger partial charge in [0.25, 0.3) is 0 Å². The second kappa shape index (κ2) is 9.81. The zero-order chi connectivity index (χ0) is 23.5. The Morgan fingerprint density at radius 1 is 0.900 bits per heavy atom. The number of carbonyl (C=O) groups excluding carboxylic acids is 1. The normalized spacial score (nSPS) is 13.6. The molecule has 0 aromatic heterocycles. The number of benzene rings is 1. The van der Waals surface area contributed by atoms with E-state index in [9.17, 15) is 4.79 Å². The van der Waals surface area contributed by atoms with Gasteiger partial charge in [-0.3, -0.25) is 4.79 Å². The Hall–Kier alpha value is -0.739. The first-order valence-corrected chi connectivity index (χ1v) is 20.5. The minimum absolute atomic E-state index is 0.119. The van der Waals surface area contributed by atoms with E-state index < -0.39 is 30.6 Å². The molecule has 0 aliphatic heterocycles. The summed E-state index contributed by atoms with van der Waals surface area (Å²) in [5.74, 6) is 0.150. The van der Waals surface area contributed by atoms with Crippen molar-refractivity contribution in [2.45, 2.75) is 99.0 Å². The molecule has 0 unspecified atom stereocenters. The van der Waals surface area contributed by atoms with Crippen LogP contribution in [0.2, 0.25) is 51.9 Å². The lowest BCUT2D eigenvalue weighted by Gasteiger charge is -2.38. The lowest BCUT2D eigenvalue weighted by Crippen LogP contribution is -2.52. The molecule has 0 fully saturated rings. The molecule has 1 aromatic carbocycles. The Balaban J connectivity index is 3.00. The van der Waals surface area contributed by atoms with Crippen molar-refractivity contribution < 1.29 is 13.0 Å². The highest BCUT2D eigenvalue weighted by molar-refractivity contribution is 6.87. The van der Waals surface area contributed by atoms with Crippen molar-refractivity contribution in [2.75, 3.05) is 4.90 Å². The highest BCUT2D eigenvalue weighted by Gasteiger charge is 2.40. The van der Waals surface area contributed by atoms with Crippen molar-refractivity contribution in [2.24, 2.45) is 5.41 Å². The molecule has 0 bridgehead atoms. The summed E-state index contributed by atoms with van der Waals surface area (Å²) in [7, 11) is -5.61. The van der Waals surface area contributed by atoms with Gasteiger partial charge in [-0.1, -0.05) is 32.9 Å². The number of hydrogen-bond donors (Lipinski definition) is 0. The van der Waals surface area contributed by atoms with E-state index in [1.807, 2.05) is 25.7 Å². The summed E-state index contributed by atoms with van der Waals surface area (Å²) in [5, 5.41) is 0. The molecule has 0 N–H and O–H groups in total. The molecule has 0 aliphatic carbocycles. The van der Waals surface area contributed by atoms with Gasteiger partial charge in [-0.15, -0.1) is 0 Å². The maximum Gasteiger partial charge on any atom is 0.314 e. The Morgan fingerprint density at radius 3 is 1.67 bits per heavy atom. The molecular formula is C23H45NO3Si3. The van der Waals surface area contributed by atoms with E-state index in [0.29, 0.717) is 0 Å². The Morgan fingerprint density at radius 2 is 1.33 bits per heavy atom. The molecule has 0 atom stereocenters. The number of hydrogen-bond acceptors (Lipinski definition) is 3. The van der Waals surface area contributed by atoms with Gasteiger partial charge in [-0.05, 0) is 89.8 Å². The predicted molar refractivity (Wildman–Crippen MR) is 138 cm³/mol. The van der Waals surface area contributed by atoms with Crippen molar-refractivity contribution >= 4 is 36.8 Å². The predicted octanol–water partition coefficient (Wildman–Crippen LogP) is 6.79. The zero-order valence-corrected chi connectivity index (χ0v) is 24.5. The average molecular weight is 468 g/mol. The second-order valence-electron chi connectivity index (χ2n) is 11.7. The Bertz CT molecular complexity index is 682. The maximum absolute atomic E-state index is 12.9. The third kappa shape index (κ3) is 9.18. The SMILES string of the molecule is CC(C)N(C(=O)C(C)(C)C)c1ccc(CC[Si](C)(O[Si](C)(C)C)O[Si](C)(C)C)cc1. The monoisotopic (exact) mass is 467 g/mol. The molecule has 7 heteroatoms. The van der Waals surface area contributed by atoms with Crippen molar-refractivity contribution in [3.63, 3.8) is 0 Å².